The Morgan fingerprint density at radius 3 is 2.95 bits per heavy atom. The summed E-state index contributed by atoms with van der Waals surface area (Å²) in [6.07, 6.45) is 4.39. The van der Waals surface area contributed by atoms with Crippen molar-refractivity contribution in [1.29, 1.82) is 0 Å². The van der Waals surface area contributed by atoms with E-state index in [2.05, 4.69) is 17.2 Å². The van der Waals surface area contributed by atoms with Crippen LogP contribution in [0.1, 0.15) is 42.2 Å². The van der Waals surface area contributed by atoms with E-state index in [1.54, 1.807) is 6.08 Å². The van der Waals surface area contributed by atoms with Gasteiger partial charge in [0, 0.05) is 17.7 Å². The van der Waals surface area contributed by atoms with Crippen molar-refractivity contribution in [2.45, 2.75) is 32.7 Å². The number of hydrogen-bond acceptors (Lipinski definition) is 3. The SMILES string of the molecule is Cc1cccc(CNC(=O)C=Cc2ccc(C3CC3C)o2)n1. The van der Waals surface area contributed by atoms with Gasteiger partial charge in [0.05, 0.1) is 12.2 Å². The lowest BCUT2D eigenvalue weighted by Crippen LogP contribution is -2.20. The highest BCUT2D eigenvalue weighted by Crippen LogP contribution is 2.47. The van der Waals surface area contributed by atoms with Gasteiger partial charge in [-0.1, -0.05) is 13.0 Å². The lowest BCUT2D eigenvalue weighted by molar-refractivity contribution is -0.116. The molecule has 0 radical (unpaired) electrons. The van der Waals surface area contributed by atoms with Crippen molar-refractivity contribution in [3.63, 3.8) is 0 Å². The first kappa shape index (κ1) is 14.6. The van der Waals surface area contributed by atoms with E-state index in [0.29, 0.717) is 18.4 Å². The summed E-state index contributed by atoms with van der Waals surface area (Å²) in [7, 11) is 0. The molecule has 1 amide bonds. The molecule has 4 nitrogen and oxygen atoms in total. The van der Waals surface area contributed by atoms with Crippen LogP contribution in [0, 0.1) is 12.8 Å². The lowest BCUT2D eigenvalue weighted by atomic mass is 10.3. The number of rotatable bonds is 5. The van der Waals surface area contributed by atoms with Crippen LogP contribution in [-0.4, -0.2) is 10.9 Å². The molecule has 2 heterocycles. The highest BCUT2D eigenvalue weighted by Gasteiger charge is 2.36. The molecule has 0 saturated heterocycles. The third-order valence-electron chi connectivity index (χ3n) is 3.91. The van der Waals surface area contributed by atoms with E-state index in [9.17, 15) is 4.79 Å². The van der Waals surface area contributed by atoms with Gasteiger partial charge in [-0.2, -0.15) is 0 Å². The first-order valence-corrected chi connectivity index (χ1v) is 7.60. The predicted molar refractivity (Wildman–Crippen MR) is 85.1 cm³/mol. The number of carbonyl (C=O) groups excluding carboxylic acids is 1. The molecular weight excluding hydrogens is 276 g/mol. The maximum absolute atomic E-state index is 11.8. The third kappa shape index (κ3) is 3.64. The monoisotopic (exact) mass is 296 g/mol. The van der Waals surface area contributed by atoms with Crippen LogP contribution in [0.3, 0.4) is 0 Å². The van der Waals surface area contributed by atoms with E-state index in [0.717, 1.165) is 22.9 Å². The number of aromatic nitrogens is 1. The second kappa shape index (κ2) is 6.18. The molecule has 0 aliphatic heterocycles. The molecule has 0 bridgehead atoms. The van der Waals surface area contributed by atoms with Gasteiger partial charge in [-0.05, 0) is 49.6 Å². The minimum Gasteiger partial charge on any atom is -0.461 e. The summed E-state index contributed by atoms with van der Waals surface area (Å²) in [6.45, 7) is 4.57. The van der Waals surface area contributed by atoms with Crippen LogP contribution >= 0.6 is 0 Å². The van der Waals surface area contributed by atoms with Gasteiger partial charge >= 0.3 is 0 Å². The molecule has 0 spiro atoms. The van der Waals surface area contributed by atoms with Crippen molar-refractivity contribution >= 4 is 12.0 Å². The average molecular weight is 296 g/mol. The summed E-state index contributed by atoms with van der Waals surface area (Å²) in [5.74, 6) is 2.87. The number of carbonyl (C=O) groups is 1. The molecule has 2 unspecified atom stereocenters. The fourth-order valence-corrected chi connectivity index (χ4v) is 2.47. The summed E-state index contributed by atoms with van der Waals surface area (Å²) >= 11 is 0. The summed E-state index contributed by atoms with van der Waals surface area (Å²) in [6, 6.07) is 9.67. The number of nitrogens with zero attached hydrogens (tertiary/aromatic N) is 1. The maximum atomic E-state index is 11.8. The van der Waals surface area contributed by atoms with E-state index in [4.69, 9.17) is 4.42 Å². The smallest absolute Gasteiger partial charge is 0.244 e. The van der Waals surface area contributed by atoms with Crippen LogP contribution < -0.4 is 5.32 Å². The van der Waals surface area contributed by atoms with Crippen molar-refractivity contribution in [3.8, 4) is 0 Å². The first-order chi connectivity index (χ1) is 10.6. The van der Waals surface area contributed by atoms with E-state index < -0.39 is 0 Å². The second-order valence-corrected chi connectivity index (χ2v) is 5.88. The molecule has 1 saturated carbocycles. The van der Waals surface area contributed by atoms with Crippen LogP contribution in [0.15, 0.2) is 40.8 Å². The molecule has 1 aliphatic rings. The molecule has 1 fully saturated rings. The van der Waals surface area contributed by atoms with E-state index in [1.807, 2.05) is 37.3 Å². The Balaban J connectivity index is 1.51. The van der Waals surface area contributed by atoms with Crippen LogP contribution in [0.4, 0.5) is 0 Å². The second-order valence-electron chi connectivity index (χ2n) is 5.88. The van der Waals surface area contributed by atoms with Gasteiger partial charge in [0.1, 0.15) is 11.5 Å². The van der Waals surface area contributed by atoms with Gasteiger partial charge in [0.15, 0.2) is 0 Å². The van der Waals surface area contributed by atoms with Crippen molar-refractivity contribution in [2.75, 3.05) is 0 Å². The Kier molecular flexibility index (Phi) is 4.09. The molecule has 22 heavy (non-hydrogen) atoms. The van der Waals surface area contributed by atoms with E-state index >= 15 is 0 Å². The molecule has 4 heteroatoms. The van der Waals surface area contributed by atoms with Gasteiger partial charge in [-0.25, -0.2) is 0 Å². The number of hydrogen-bond donors (Lipinski definition) is 1. The molecule has 0 aromatic carbocycles. The molecule has 114 valence electrons. The maximum Gasteiger partial charge on any atom is 0.244 e. The summed E-state index contributed by atoms with van der Waals surface area (Å²) in [5.41, 5.74) is 1.80. The Hall–Kier alpha value is -2.36. The largest absolute Gasteiger partial charge is 0.461 e. The minimum atomic E-state index is -0.152. The Labute approximate surface area is 130 Å². The zero-order valence-electron chi connectivity index (χ0n) is 12.9. The minimum absolute atomic E-state index is 0.152. The molecule has 2 atom stereocenters. The standard InChI is InChI=1S/C18H20N2O2/c1-12-10-16(12)17-8-6-15(22-17)7-9-18(21)19-11-14-5-3-4-13(2)20-14/h3-9,12,16H,10-11H2,1-2H3,(H,19,21). The molecular formula is C18H20N2O2. The van der Waals surface area contributed by atoms with Gasteiger partial charge in [-0.15, -0.1) is 0 Å². The summed E-state index contributed by atoms with van der Waals surface area (Å²) in [4.78, 5) is 16.2. The number of nitrogens with one attached hydrogen (secondary N) is 1. The van der Waals surface area contributed by atoms with Crippen LogP contribution in [0.2, 0.25) is 0 Å². The van der Waals surface area contributed by atoms with Crippen LogP contribution in [-0.2, 0) is 11.3 Å². The van der Waals surface area contributed by atoms with Gasteiger partial charge in [0.2, 0.25) is 5.91 Å². The number of amides is 1. The van der Waals surface area contributed by atoms with Crippen LogP contribution in [0.25, 0.3) is 6.08 Å². The molecule has 1 N–H and O–H groups in total. The van der Waals surface area contributed by atoms with Crippen molar-refractivity contribution in [1.82, 2.24) is 10.3 Å². The average Bonchev–Trinajstić information content (AvgIpc) is 3.05. The van der Waals surface area contributed by atoms with Crippen molar-refractivity contribution in [3.05, 3.63) is 59.3 Å². The predicted octanol–water partition coefficient (Wildman–Crippen LogP) is 3.44. The number of aryl methyl sites for hydroxylation is 1. The summed E-state index contributed by atoms with van der Waals surface area (Å²) < 4.78 is 5.73. The molecule has 3 rings (SSSR count). The quantitative estimate of drug-likeness (QED) is 0.860. The topological polar surface area (TPSA) is 55.1 Å². The molecule has 2 aromatic heterocycles. The van der Waals surface area contributed by atoms with Gasteiger partial charge < -0.3 is 9.73 Å². The summed E-state index contributed by atoms with van der Waals surface area (Å²) in [5, 5.41) is 2.82. The number of furan rings is 1. The number of pyridine rings is 1. The zero-order chi connectivity index (χ0) is 15.5. The van der Waals surface area contributed by atoms with Gasteiger partial charge in [0.25, 0.3) is 0 Å². The van der Waals surface area contributed by atoms with E-state index in [1.165, 1.54) is 12.5 Å². The Morgan fingerprint density at radius 2 is 2.23 bits per heavy atom. The fraction of sp³-hybridized carbons (Fsp3) is 0.333. The van der Waals surface area contributed by atoms with Crippen molar-refractivity contribution in [2.24, 2.45) is 5.92 Å². The van der Waals surface area contributed by atoms with Gasteiger partial charge in [-0.3, -0.25) is 9.78 Å². The third-order valence-corrected chi connectivity index (χ3v) is 3.91. The van der Waals surface area contributed by atoms with Crippen molar-refractivity contribution < 1.29 is 9.21 Å². The molecule has 1 aliphatic carbocycles. The molecule has 2 aromatic rings. The first-order valence-electron chi connectivity index (χ1n) is 7.60. The normalized spacial score (nSPS) is 20.3. The Bertz CT molecular complexity index is 703. The highest BCUT2D eigenvalue weighted by molar-refractivity contribution is 5.91. The highest BCUT2D eigenvalue weighted by atomic mass is 16.3. The zero-order valence-corrected chi connectivity index (χ0v) is 12.9. The van der Waals surface area contributed by atoms with E-state index in [-0.39, 0.29) is 5.91 Å². The fourth-order valence-electron chi connectivity index (χ4n) is 2.47. The lowest BCUT2D eigenvalue weighted by Gasteiger charge is -2.02. The Morgan fingerprint density at radius 1 is 1.41 bits per heavy atom. The van der Waals surface area contributed by atoms with Crippen LogP contribution in [0.5, 0.6) is 0 Å².